The summed E-state index contributed by atoms with van der Waals surface area (Å²) < 4.78 is 5.52. The molecule has 2 aliphatic carbocycles. The maximum Gasteiger partial charge on any atom is 0.410 e. The minimum absolute atomic E-state index is 0.185. The highest BCUT2D eigenvalue weighted by Crippen LogP contribution is 2.77. The minimum atomic E-state index is -0.446. The zero-order valence-corrected chi connectivity index (χ0v) is 14.3. The van der Waals surface area contributed by atoms with Gasteiger partial charge in [0.25, 0.3) is 0 Å². The Kier molecular flexibility index (Phi) is 3.15. The van der Waals surface area contributed by atoms with Crippen LogP contribution in [0.5, 0.6) is 0 Å². The van der Waals surface area contributed by atoms with Crippen LogP contribution < -0.4 is 0 Å². The molecule has 24 heavy (non-hydrogen) atoms. The van der Waals surface area contributed by atoms with Gasteiger partial charge in [0.15, 0.2) is 0 Å². The van der Waals surface area contributed by atoms with Crippen LogP contribution in [0.2, 0.25) is 0 Å². The molecule has 3 aliphatic rings. The van der Waals surface area contributed by atoms with Crippen LogP contribution in [0.15, 0.2) is 12.4 Å². The van der Waals surface area contributed by atoms with Gasteiger partial charge < -0.3 is 9.64 Å². The molecule has 6 nitrogen and oxygen atoms in total. The van der Waals surface area contributed by atoms with Crippen molar-refractivity contribution in [3.05, 3.63) is 23.8 Å². The summed E-state index contributed by atoms with van der Waals surface area (Å²) in [4.78, 5) is 22.4. The van der Waals surface area contributed by atoms with Gasteiger partial charge in [-0.25, -0.2) is 14.8 Å². The van der Waals surface area contributed by atoms with Crippen molar-refractivity contribution in [3.8, 4) is 6.07 Å². The number of amides is 1. The summed E-state index contributed by atoms with van der Waals surface area (Å²) in [7, 11) is 0. The van der Waals surface area contributed by atoms with Gasteiger partial charge in [0, 0.05) is 25.5 Å². The topological polar surface area (TPSA) is 79.1 Å². The predicted molar refractivity (Wildman–Crippen MR) is 85.8 cm³/mol. The minimum Gasteiger partial charge on any atom is -0.444 e. The van der Waals surface area contributed by atoms with E-state index in [1.165, 1.54) is 6.42 Å². The molecule has 2 heterocycles. The number of ether oxygens (including phenoxy) is 1. The first-order chi connectivity index (χ1) is 11.3. The Morgan fingerprint density at radius 3 is 2.75 bits per heavy atom. The molecule has 1 amide bonds. The van der Waals surface area contributed by atoms with Crippen molar-refractivity contribution in [1.82, 2.24) is 14.9 Å². The van der Waals surface area contributed by atoms with Gasteiger partial charge in [0.1, 0.15) is 11.7 Å². The van der Waals surface area contributed by atoms with E-state index < -0.39 is 5.60 Å². The van der Waals surface area contributed by atoms with Crippen LogP contribution in [0.4, 0.5) is 4.79 Å². The molecule has 126 valence electrons. The first-order valence-electron chi connectivity index (χ1n) is 8.51. The van der Waals surface area contributed by atoms with E-state index in [0.29, 0.717) is 17.3 Å². The van der Waals surface area contributed by atoms with Crippen LogP contribution in [0.1, 0.15) is 38.6 Å². The zero-order chi connectivity index (χ0) is 17.1. The number of hydrogen-bond acceptors (Lipinski definition) is 5. The molecule has 1 saturated heterocycles. The molecule has 4 rings (SSSR count). The van der Waals surface area contributed by atoms with Crippen LogP contribution in [0.3, 0.4) is 0 Å². The molecule has 0 aromatic carbocycles. The van der Waals surface area contributed by atoms with Crippen LogP contribution in [-0.2, 0) is 11.2 Å². The van der Waals surface area contributed by atoms with Crippen molar-refractivity contribution in [2.24, 2.45) is 23.2 Å². The molecule has 1 aliphatic heterocycles. The van der Waals surface area contributed by atoms with E-state index in [1.807, 2.05) is 31.7 Å². The van der Waals surface area contributed by atoms with Crippen LogP contribution in [0, 0.1) is 34.5 Å². The molecule has 4 atom stereocenters. The van der Waals surface area contributed by atoms with Crippen molar-refractivity contribution < 1.29 is 9.53 Å². The van der Waals surface area contributed by atoms with Gasteiger partial charge in [0.05, 0.1) is 0 Å². The monoisotopic (exact) mass is 326 g/mol. The fourth-order valence-electron chi connectivity index (χ4n) is 4.90. The van der Waals surface area contributed by atoms with Gasteiger partial charge in [-0.05, 0) is 62.3 Å². The van der Waals surface area contributed by atoms with Crippen molar-refractivity contribution >= 4 is 6.09 Å². The van der Waals surface area contributed by atoms with Crippen molar-refractivity contribution in [2.45, 2.75) is 39.2 Å². The van der Waals surface area contributed by atoms with Crippen LogP contribution in [0.25, 0.3) is 0 Å². The second-order valence-corrected chi connectivity index (χ2v) is 8.42. The molecule has 0 bridgehead atoms. The molecule has 2 saturated carbocycles. The second-order valence-electron chi connectivity index (χ2n) is 8.42. The quantitative estimate of drug-likeness (QED) is 0.834. The first-order valence-corrected chi connectivity index (χ1v) is 8.51. The summed E-state index contributed by atoms with van der Waals surface area (Å²) in [5, 5.41) is 8.79. The van der Waals surface area contributed by atoms with E-state index in [0.717, 1.165) is 31.0 Å². The maximum absolute atomic E-state index is 12.3. The molecule has 0 radical (unpaired) electrons. The van der Waals surface area contributed by atoms with Gasteiger partial charge in [0.2, 0.25) is 5.82 Å². The second kappa shape index (κ2) is 4.92. The Hall–Kier alpha value is -2.16. The smallest absolute Gasteiger partial charge is 0.410 e. The van der Waals surface area contributed by atoms with E-state index in [1.54, 1.807) is 12.4 Å². The van der Waals surface area contributed by atoms with Crippen molar-refractivity contribution in [3.63, 3.8) is 0 Å². The molecule has 0 spiro atoms. The van der Waals surface area contributed by atoms with Crippen LogP contribution >= 0.6 is 0 Å². The number of fused-ring (bicyclic) bond motifs is 1. The zero-order valence-electron chi connectivity index (χ0n) is 14.3. The number of rotatable bonds is 2. The average molecular weight is 326 g/mol. The lowest BCUT2D eigenvalue weighted by molar-refractivity contribution is 0.0133. The maximum atomic E-state index is 12.3. The van der Waals surface area contributed by atoms with Gasteiger partial charge in [-0.1, -0.05) is 0 Å². The fraction of sp³-hybridized carbons (Fsp3) is 0.667. The molecular formula is C18H22N4O2. The number of nitrogens with zero attached hydrogens (tertiary/aromatic N) is 4. The van der Waals surface area contributed by atoms with Gasteiger partial charge in [-0.15, -0.1) is 0 Å². The largest absolute Gasteiger partial charge is 0.444 e. The lowest BCUT2D eigenvalue weighted by Crippen LogP contribution is -2.44. The number of nitriles is 1. The van der Waals surface area contributed by atoms with E-state index >= 15 is 0 Å². The summed E-state index contributed by atoms with van der Waals surface area (Å²) in [5.74, 6) is 2.12. The summed E-state index contributed by atoms with van der Waals surface area (Å²) in [6, 6.07) is 1.95. The predicted octanol–water partition coefficient (Wildman–Crippen LogP) is 2.39. The van der Waals surface area contributed by atoms with E-state index in [2.05, 4.69) is 9.97 Å². The Morgan fingerprint density at radius 2 is 2.12 bits per heavy atom. The highest BCUT2D eigenvalue weighted by atomic mass is 16.6. The lowest BCUT2D eigenvalue weighted by atomic mass is 9.72. The summed E-state index contributed by atoms with van der Waals surface area (Å²) in [5.41, 5.74) is 0.961. The Labute approximate surface area is 141 Å². The number of carbonyl (C=O) groups is 1. The third-order valence-corrected chi connectivity index (χ3v) is 5.74. The molecule has 3 fully saturated rings. The Bertz CT molecular complexity index is 718. The molecule has 1 aromatic rings. The van der Waals surface area contributed by atoms with Crippen molar-refractivity contribution in [2.75, 3.05) is 13.1 Å². The normalized spacial score (nSPS) is 33.1. The summed E-state index contributed by atoms with van der Waals surface area (Å²) >= 11 is 0. The third kappa shape index (κ3) is 2.34. The van der Waals surface area contributed by atoms with Crippen LogP contribution in [-0.4, -0.2) is 39.7 Å². The first kappa shape index (κ1) is 15.4. The molecular weight excluding hydrogens is 304 g/mol. The van der Waals surface area contributed by atoms with E-state index in [-0.39, 0.29) is 11.9 Å². The highest BCUT2D eigenvalue weighted by Gasteiger charge is 2.76. The summed E-state index contributed by atoms with van der Waals surface area (Å²) in [6.07, 6.45) is 5.47. The number of carbonyl (C=O) groups excluding carboxylic acids is 1. The molecule has 0 N–H and O–H groups in total. The molecule has 1 aromatic heterocycles. The number of aromatic nitrogens is 2. The highest BCUT2D eigenvalue weighted by molar-refractivity contribution is 5.68. The summed E-state index contributed by atoms with van der Waals surface area (Å²) in [6.45, 7) is 7.33. The van der Waals surface area contributed by atoms with E-state index in [4.69, 9.17) is 10.00 Å². The fourth-order valence-corrected chi connectivity index (χ4v) is 4.90. The Balaban J connectivity index is 1.41. The number of likely N-dealkylation sites (tertiary alicyclic amines) is 1. The third-order valence-electron chi connectivity index (χ3n) is 5.74. The molecule has 4 unspecified atom stereocenters. The standard InChI is InChI=1S/C18H22N4O2/c1-17(2,3)24-16(23)22-9-12-5-18(13(10-22)15(12)18)4-11-7-20-14(6-19)21-8-11/h7-8,12-13,15H,4-5,9-10H2,1-3H3. The number of hydrogen-bond donors (Lipinski definition) is 0. The SMILES string of the molecule is CC(C)(C)OC(=O)N1CC2CC3(Cc4cnc(C#N)nc4)C(C1)C23. The Morgan fingerprint density at radius 1 is 1.42 bits per heavy atom. The van der Waals surface area contributed by atoms with E-state index in [9.17, 15) is 4.79 Å². The van der Waals surface area contributed by atoms with Gasteiger partial charge >= 0.3 is 6.09 Å². The van der Waals surface area contributed by atoms with Gasteiger partial charge in [-0.2, -0.15) is 5.26 Å². The lowest BCUT2D eigenvalue weighted by Gasteiger charge is -2.37. The van der Waals surface area contributed by atoms with Crippen molar-refractivity contribution in [1.29, 1.82) is 5.26 Å². The molecule has 6 heteroatoms. The van der Waals surface area contributed by atoms with Gasteiger partial charge in [-0.3, -0.25) is 0 Å². The average Bonchev–Trinajstić information content (AvgIpc) is 3.08. The number of piperidine rings is 1.